The first-order valence-corrected chi connectivity index (χ1v) is 9.32. The number of guanidine groups is 1. The van der Waals surface area contributed by atoms with E-state index >= 15 is 0 Å². The van der Waals surface area contributed by atoms with Gasteiger partial charge in [-0.3, -0.25) is 5.32 Å². The van der Waals surface area contributed by atoms with Gasteiger partial charge in [0, 0.05) is 12.6 Å². The zero-order valence-corrected chi connectivity index (χ0v) is 16.0. The van der Waals surface area contributed by atoms with Crippen LogP contribution in [0.2, 0.25) is 0 Å². The van der Waals surface area contributed by atoms with Gasteiger partial charge in [0.15, 0.2) is 0 Å². The number of nitrogens with zero attached hydrogens (tertiary/aromatic N) is 3. The maximum atomic E-state index is 14.3. The molecule has 3 N–H and O–H groups in total. The van der Waals surface area contributed by atoms with E-state index in [1.807, 2.05) is 0 Å². The molecule has 1 atom stereocenters. The van der Waals surface area contributed by atoms with Gasteiger partial charge >= 0.3 is 6.09 Å². The van der Waals surface area contributed by atoms with Gasteiger partial charge < -0.3 is 10.5 Å². The van der Waals surface area contributed by atoms with Gasteiger partial charge in [-0.15, -0.1) is 0 Å². The van der Waals surface area contributed by atoms with E-state index in [-0.39, 0.29) is 17.3 Å². The fourth-order valence-corrected chi connectivity index (χ4v) is 3.90. The third-order valence-corrected chi connectivity index (χ3v) is 5.54. The molecule has 0 aliphatic carbocycles. The highest BCUT2D eigenvalue weighted by molar-refractivity contribution is 7.89. The van der Waals surface area contributed by atoms with Gasteiger partial charge in [-0.25, -0.2) is 31.9 Å². The number of hydrogen-bond acceptors (Lipinski definition) is 7. The molecule has 1 aliphatic heterocycles. The van der Waals surface area contributed by atoms with Crippen LogP contribution in [0.1, 0.15) is 33.3 Å². The molecule has 2 heterocycles. The molecular formula is C15H22FN5O4S. The Balaban J connectivity index is 2.49. The lowest BCUT2D eigenvalue weighted by Crippen LogP contribution is -2.54. The monoisotopic (exact) mass is 387 g/mol. The molecule has 0 fully saturated rings. The van der Waals surface area contributed by atoms with E-state index in [4.69, 9.17) is 10.5 Å². The lowest BCUT2D eigenvalue weighted by molar-refractivity contribution is 0.0559. The van der Waals surface area contributed by atoms with Crippen LogP contribution in [0, 0.1) is 5.82 Å². The van der Waals surface area contributed by atoms with Crippen molar-refractivity contribution in [2.75, 3.05) is 18.5 Å². The first-order chi connectivity index (χ1) is 11.7. The van der Waals surface area contributed by atoms with Gasteiger partial charge in [0.2, 0.25) is 16.0 Å². The molecule has 11 heteroatoms. The Kier molecular flexibility index (Phi) is 4.88. The van der Waals surface area contributed by atoms with Crippen molar-refractivity contribution in [3.8, 4) is 0 Å². The molecule has 0 saturated heterocycles. The lowest BCUT2D eigenvalue weighted by Gasteiger charge is -2.36. The second kappa shape index (κ2) is 6.38. The molecule has 1 amide bonds. The summed E-state index contributed by atoms with van der Waals surface area (Å²) >= 11 is 0. The van der Waals surface area contributed by atoms with Crippen molar-refractivity contribution in [2.24, 2.45) is 4.99 Å². The molecule has 1 aromatic heterocycles. The van der Waals surface area contributed by atoms with Crippen LogP contribution in [0.3, 0.4) is 0 Å². The third kappa shape index (κ3) is 4.21. The number of carbonyl (C=O) groups excluding carboxylic acids is 1. The molecular weight excluding hydrogens is 365 g/mol. The van der Waals surface area contributed by atoms with Gasteiger partial charge in [-0.05, 0) is 33.8 Å². The normalized spacial score (nSPS) is 22.5. The summed E-state index contributed by atoms with van der Waals surface area (Å²) in [5.74, 6) is -1.50. The van der Waals surface area contributed by atoms with Crippen molar-refractivity contribution in [1.29, 1.82) is 0 Å². The zero-order valence-electron chi connectivity index (χ0n) is 15.2. The minimum absolute atomic E-state index is 0.0239. The van der Waals surface area contributed by atoms with Crippen molar-refractivity contribution < 1.29 is 22.3 Å². The van der Waals surface area contributed by atoms with Gasteiger partial charge in [-0.2, -0.15) is 0 Å². The number of nitrogen functional groups attached to an aromatic ring is 1. The summed E-state index contributed by atoms with van der Waals surface area (Å²) in [4.78, 5) is 19.9. The van der Waals surface area contributed by atoms with Crippen LogP contribution in [0.4, 0.5) is 15.0 Å². The Hall–Kier alpha value is -2.43. The SMILES string of the molecule is CN1C(NC(=O)OC(C)(C)C)=N[C@](C)(c2cc(N)ncc2F)CS1(=O)=O. The van der Waals surface area contributed by atoms with E-state index in [9.17, 15) is 17.6 Å². The first-order valence-electron chi connectivity index (χ1n) is 7.71. The van der Waals surface area contributed by atoms with Gasteiger partial charge in [0.25, 0.3) is 0 Å². The molecule has 0 aromatic carbocycles. The lowest BCUT2D eigenvalue weighted by atomic mass is 9.95. The summed E-state index contributed by atoms with van der Waals surface area (Å²) in [6, 6.07) is 1.23. The maximum absolute atomic E-state index is 14.3. The summed E-state index contributed by atoms with van der Waals surface area (Å²) < 4.78 is 45.2. The average molecular weight is 387 g/mol. The quantitative estimate of drug-likeness (QED) is 0.745. The summed E-state index contributed by atoms with van der Waals surface area (Å²) in [7, 11) is -2.64. The molecule has 1 aliphatic rings. The minimum atomic E-state index is -3.88. The molecule has 9 nitrogen and oxygen atoms in total. The van der Waals surface area contributed by atoms with E-state index in [1.54, 1.807) is 20.8 Å². The fourth-order valence-electron chi connectivity index (χ4n) is 2.43. The Labute approximate surface area is 151 Å². The Bertz CT molecular complexity index is 865. The van der Waals surface area contributed by atoms with E-state index < -0.39 is 38.8 Å². The molecule has 0 saturated carbocycles. The highest BCUT2D eigenvalue weighted by atomic mass is 32.2. The molecule has 26 heavy (non-hydrogen) atoms. The number of aliphatic imine (C=N–C) groups is 1. The van der Waals surface area contributed by atoms with Crippen LogP contribution < -0.4 is 11.1 Å². The number of nitrogens with one attached hydrogen (secondary N) is 1. The predicted molar refractivity (Wildman–Crippen MR) is 94.3 cm³/mol. The van der Waals surface area contributed by atoms with Crippen molar-refractivity contribution in [3.05, 3.63) is 23.6 Å². The smallest absolute Gasteiger partial charge is 0.414 e. The molecule has 2 rings (SSSR count). The molecule has 144 valence electrons. The van der Waals surface area contributed by atoms with Crippen LogP contribution in [0.15, 0.2) is 17.3 Å². The molecule has 0 unspecified atom stereocenters. The van der Waals surface area contributed by atoms with Crippen LogP contribution >= 0.6 is 0 Å². The molecule has 0 spiro atoms. The number of anilines is 1. The summed E-state index contributed by atoms with van der Waals surface area (Å²) in [6.07, 6.45) is 0.0226. The van der Waals surface area contributed by atoms with Crippen molar-refractivity contribution >= 4 is 27.9 Å². The fraction of sp³-hybridized carbons (Fsp3) is 0.533. The maximum Gasteiger partial charge on any atom is 0.414 e. The molecule has 1 aromatic rings. The average Bonchev–Trinajstić information content (AvgIpc) is 2.44. The number of hydrogen-bond donors (Lipinski definition) is 2. The van der Waals surface area contributed by atoms with Crippen LogP contribution in [0.5, 0.6) is 0 Å². The number of nitrogens with two attached hydrogens (primary N) is 1. The Morgan fingerprint density at radius 1 is 1.46 bits per heavy atom. The van der Waals surface area contributed by atoms with Crippen molar-refractivity contribution in [3.63, 3.8) is 0 Å². The summed E-state index contributed by atoms with van der Waals surface area (Å²) in [5, 5.41) is 2.31. The van der Waals surface area contributed by atoms with Gasteiger partial charge in [0.05, 0.1) is 11.9 Å². The van der Waals surface area contributed by atoms with E-state index in [0.717, 1.165) is 10.5 Å². The van der Waals surface area contributed by atoms with E-state index in [2.05, 4.69) is 15.3 Å². The summed E-state index contributed by atoms with van der Waals surface area (Å²) in [6.45, 7) is 6.42. The second-order valence-electron chi connectivity index (χ2n) is 7.15. The third-order valence-electron chi connectivity index (χ3n) is 3.60. The molecule has 0 bridgehead atoms. The van der Waals surface area contributed by atoms with Crippen LogP contribution in [-0.2, 0) is 20.3 Å². The predicted octanol–water partition coefficient (Wildman–Crippen LogP) is 1.17. The van der Waals surface area contributed by atoms with Crippen molar-refractivity contribution in [1.82, 2.24) is 14.6 Å². The summed E-state index contributed by atoms with van der Waals surface area (Å²) in [5.41, 5.74) is 3.27. The largest absolute Gasteiger partial charge is 0.444 e. The number of ether oxygens (including phenoxy) is 1. The number of rotatable bonds is 1. The Morgan fingerprint density at radius 2 is 2.08 bits per heavy atom. The van der Waals surface area contributed by atoms with Crippen LogP contribution in [-0.4, -0.2) is 48.2 Å². The number of halogens is 1. The zero-order chi connectivity index (χ0) is 19.9. The van der Waals surface area contributed by atoms with Gasteiger partial charge in [0.1, 0.15) is 22.8 Å². The van der Waals surface area contributed by atoms with Crippen LogP contribution in [0.25, 0.3) is 0 Å². The highest BCUT2D eigenvalue weighted by Gasteiger charge is 2.43. The number of carbonyl (C=O) groups is 1. The number of sulfonamides is 1. The van der Waals surface area contributed by atoms with E-state index in [1.165, 1.54) is 20.0 Å². The number of pyridine rings is 1. The standard InChI is InChI=1S/C15H22FN5O4S/c1-14(2,3)25-13(22)19-12-20-15(4,8-26(23,24)21(12)5)9-6-11(17)18-7-10(9)16/h6-7H,8H2,1-5H3,(H2,17,18)(H,19,20,22)/t15-/m0/s1. The topological polar surface area (TPSA) is 127 Å². The Morgan fingerprint density at radius 3 is 2.65 bits per heavy atom. The first kappa shape index (κ1) is 19.9. The highest BCUT2D eigenvalue weighted by Crippen LogP contribution is 2.34. The second-order valence-corrected chi connectivity index (χ2v) is 9.15. The number of amides is 1. The van der Waals surface area contributed by atoms with Crippen molar-refractivity contribution in [2.45, 2.75) is 38.8 Å². The number of alkyl carbamates (subject to hydrolysis) is 1. The number of aromatic nitrogens is 1. The molecule has 0 radical (unpaired) electrons. The van der Waals surface area contributed by atoms with E-state index in [0.29, 0.717) is 0 Å². The minimum Gasteiger partial charge on any atom is -0.444 e. The van der Waals surface area contributed by atoms with Gasteiger partial charge in [-0.1, -0.05) is 0 Å².